The average molecular weight is 262 g/mol. The maximum atomic E-state index is 11.2. The third-order valence-electron chi connectivity index (χ3n) is 4.29. The summed E-state index contributed by atoms with van der Waals surface area (Å²) in [6, 6.07) is 1.70. The van der Waals surface area contributed by atoms with E-state index < -0.39 is 0 Å². The third kappa shape index (κ3) is 2.16. The number of aromatic nitrogens is 1. The monoisotopic (exact) mass is 262 g/mol. The van der Waals surface area contributed by atoms with Gasteiger partial charge >= 0.3 is 5.69 Å². The minimum absolute atomic E-state index is 0.159. The molecule has 2 unspecified atom stereocenters. The summed E-state index contributed by atoms with van der Waals surface area (Å²) in [6.45, 7) is 5.60. The molecule has 6 nitrogen and oxygen atoms in total. The van der Waals surface area contributed by atoms with E-state index in [-0.39, 0.29) is 10.6 Å². The highest BCUT2D eigenvalue weighted by atomic mass is 16.6. The Bertz CT molecular complexity index is 505. The third-order valence-corrected chi connectivity index (χ3v) is 4.29. The zero-order valence-corrected chi connectivity index (χ0v) is 11.0. The molecular formula is C13H18N4O2. The molecule has 0 radical (unpaired) electrons. The van der Waals surface area contributed by atoms with Crippen LogP contribution in [0.15, 0.2) is 12.3 Å². The van der Waals surface area contributed by atoms with Crippen LogP contribution in [0.2, 0.25) is 0 Å². The molecule has 2 aliphatic heterocycles. The van der Waals surface area contributed by atoms with Crippen LogP contribution in [0.5, 0.6) is 0 Å². The molecule has 19 heavy (non-hydrogen) atoms. The first-order chi connectivity index (χ1) is 9.16. The smallest absolute Gasteiger partial charge is 0.314 e. The van der Waals surface area contributed by atoms with Crippen LogP contribution in [0.25, 0.3) is 0 Å². The van der Waals surface area contributed by atoms with E-state index in [9.17, 15) is 10.1 Å². The Morgan fingerprint density at radius 2 is 2.26 bits per heavy atom. The van der Waals surface area contributed by atoms with E-state index in [1.807, 2.05) is 0 Å². The Hall–Kier alpha value is -1.69. The van der Waals surface area contributed by atoms with Crippen molar-refractivity contribution >= 4 is 11.5 Å². The quantitative estimate of drug-likeness (QED) is 0.643. The van der Waals surface area contributed by atoms with Crippen molar-refractivity contribution in [1.29, 1.82) is 0 Å². The van der Waals surface area contributed by atoms with Gasteiger partial charge in [-0.25, -0.2) is 4.98 Å². The summed E-state index contributed by atoms with van der Waals surface area (Å²) in [7, 11) is 0. The predicted octanol–water partition coefficient (Wildman–Crippen LogP) is 1.34. The van der Waals surface area contributed by atoms with E-state index in [1.165, 1.54) is 0 Å². The molecule has 102 valence electrons. The fourth-order valence-corrected chi connectivity index (χ4v) is 3.22. The minimum atomic E-state index is -0.309. The number of pyridine rings is 1. The molecule has 0 aliphatic carbocycles. The molecule has 1 aromatic heterocycles. The van der Waals surface area contributed by atoms with E-state index in [0.29, 0.717) is 17.3 Å². The Morgan fingerprint density at radius 1 is 1.47 bits per heavy atom. The summed E-state index contributed by atoms with van der Waals surface area (Å²) < 4.78 is 0. The van der Waals surface area contributed by atoms with Gasteiger partial charge in [0.25, 0.3) is 0 Å². The number of aryl methyl sites for hydroxylation is 1. The first-order valence-corrected chi connectivity index (χ1v) is 6.72. The van der Waals surface area contributed by atoms with E-state index in [0.717, 1.165) is 38.5 Å². The normalized spacial score (nSPS) is 26.3. The van der Waals surface area contributed by atoms with Crippen LogP contribution in [0.4, 0.5) is 11.5 Å². The molecule has 6 heteroatoms. The number of hydrogen-bond acceptors (Lipinski definition) is 5. The molecular weight excluding hydrogens is 244 g/mol. The lowest BCUT2D eigenvalue weighted by Crippen LogP contribution is -2.40. The van der Waals surface area contributed by atoms with Crippen molar-refractivity contribution in [2.75, 3.05) is 31.1 Å². The molecule has 2 saturated heterocycles. The van der Waals surface area contributed by atoms with Gasteiger partial charge in [0.15, 0.2) is 0 Å². The fourth-order valence-electron chi connectivity index (χ4n) is 3.22. The van der Waals surface area contributed by atoms with Gasteiger partial charge in [-0.2, -0.15) is 0 Å². The van der Waals surface area contributed by atoms with E-state index in [4.69, 9.17) is 0 Å². The van der Waals surface area contributed by atoms with Crippen LogP contribution in [0.1, 0.15) is 12.0 Å². The summed E-state index contributed by atoms with van der Waals surface area (Å²) in [5.74, 6) is 1.85. The minimum Gasteiger partial charge on any atom is -0.351 e. The van der Waals surface area contributed by atoms with Crippen molar-refractivity contribution in [2.45, 2.75) is 13.3 Å². The van der Waals surface area contributed by atoms with Gasteiger partial charge in [0.2, 0.25) is 5.82 Å². The standard InChI is InChI=1S/C13H18N4O2/c1-9-2-4-15-13(12(9)17(18)19)16-5-3-10-6-14-7-11(10)8-16/h2,4,10-11,14H,3,5-8H2,1H3. The maximum absolute atomic E-state index is 11.2. The van der Waals surface area contributed by atoms with Crippen LogP contribution in [0.3, 0.4) is 0 Å². The Morgan fingerprint density at radius 3 is 3.05 bits per heavy atom. The number of hydrogen-bond donors (Lipinski definition) is 1. The van der Waals surface area contributed by atoms with Gasteiger partial charge in [0.05, 0.1) is 4.92 Å². The lowest BCUT2D eigenvalue weighted by atomic mass is 9.88. The predicted molar refractivity (Wildman–Crippen MR) is 72.3 cm³/mol. The van der Waals surface area contributed by atoms with Crippen molar-refractivity contribution in [3.05, 3.63) is 27.9 Å². The Balaban J connectivity index is 1.90. The molecule has 1 aromatic rings. The first kappa shape index (κ1) is 12.3. The molecule has 0 aromatic carbocycles. The van der Waals surface area contributed by atoms with Gasteiger partial charge in [0.1, 0.15) is 0 Å². The molecule has 0 amide bonds. The van der Waals surface area contributed by atoms with Crippen LogP contribution >= 0.6 is 0 Å². The summed E-state index contributed by atoms with van der Waals surface area (Å²) in [5, 5.41) is 14.6. The Kier molecular flexibility index (Phi) is 3.10. The zero-order valence-electron chi connectivity index (χ0n) is 11.0. The van der Waals surface area contributed by atoms with Crippen molar-refractivity contribution in [3.8, 4) is 0 Å². The van der Waals surface area contributed by atoms with Crippen molar-refractivity contribution in [2.24, 2.45) is 11.8 Å². The zero-order chi connectivity index (χ0) is 13.4. The van der Waals surface area contributed by atoms with E-state index in [2.05, 4.69) is 15.2 Å². The summed E-state index contributed by atoms with van der Waals surface area (Å²) >= 11 is 0. The van der Waals surface area contributed by atoms with Crippen LogP contribution in [-0.2, 0) is 0 Å². The van der Waals surface area contributed by atoms with Crippen LogP contribution in [0, 0.1) is 28.9 Å². The molecule has 2 atom stereocenters. The van der Waals surface area contributed by atoms with Crippen molar-refractivity contribution in [1.82, 2.24) is 10.3 Å². The van der Waals surface area contributed by atoms with E-state index >= 15 is 0 Å². The highest BCUT2D eigenvalue weighted by Gasteiger charge is 2.35. The largest absolute Gasteiger partial charge is 0.351 e. The topological polar surface area (TPSA) is 71.3 Å². The number of nitrogens with one attached hydrogen (secondary N) is 1. The van der Waals surface area contributed by atoms with Crippen LogP contribution < -0.4 is 10.2 Å². The lowest BCUT2D eigenvalue weighted by Gasteiger charge is -2.34. The number of piperidine rings is 1. The molecule has 0 bridgehead atoms. The maximum Gasteiger partial charge on any atom is 0.314 e. The number of fused-ring (bicyclic) bond motifs is 1. The summed E-state index contributed by atoms with van der Waals surface area (Å²) in [6.07, 6.45) is 2.75. The number of nitro groups is 1. The molecule has 3 heterocycles. The fraction of sp³-hybridized carbons (Fsp3) is 0.615. The number of anilines is 1. The number of nitrogens with zero attached hydrogens (tertiary/aromatic N) is 3. The molecule has 0 saturated carbocycles. The SMILES string of the molecule is Cc1ccnc(N2CCC3CNCC3C2)c1[N+](=O)[O-]. The highest BCUT2D eigenvalue weighted by molar-refractivity contribution is 5.61. The second-order valence-corrected chi connectivity index (χ2v) is 5.47. The van der Waals surface area contributed by atoms with Crippen molar-refractivity contribution < 1.29 is 4.92 Å². The lowest BCUT2D eigenvalue weighted by molar-refractivity contribution is -0.384. The molecule has 0 spiro atoms. The second kappa shape index (κ2) is 4.77. The van der Waals surface area contributed by atoms with Gasteiger partial charge in [-0.1, -0.05) is 0 Å². The molecule has 3 rings (SSSR count). The van der Waals surface area contributed by atoms with E-state index in [1.54, 1.807) is 19.2 Å². The van der Waals surface area contributed by atoms with Gasteiger partial charge < -0.3 is 10.2 Å². The van der Waals surface area contributed by atoms with Gasteiger partial charge in [-0.3, -0.25) is 10.1 Å². The van der Waals surface area contributed by atoms with Gasteiger partial charge in [-0.15, -0.1) is 0 Å². The summed E-state index contributed by atoms with van der Waals surface area (Å²) in [5.41, 5.74) is 0.841. The highest BCUT2D eigenvalue weighted by Crippen LogP contribution is 2.34. The van der Waals surface area contributed by atoms with Gasteiger partial charge in [-0.05, 0) is 44.3 Å². The summed E-state index contributed by atoms with van der Waals surface area (Å²) in [4.78, 5) is 17.3. The second-order valence-electron chi connectivity index (χ2n) is 5.47. The van der Waals surface area contributed by atoms with Crippen molar-refractivity contribution in [3.63, 3.8) is 0 Å². The van der Waals surface area contributed by atoms with Crippen LogP contribution in [-0.4, -0.2) is 36.1 Å². The Labute approximate surface area is 112 Å². The molecule has 1 N–H and O–H groups in total. The van der Waals surface area contributed by atoms with Gasteiger partial charge in [0, 0.05) is 24.8 Å². The average Bonchev–Trinajstić information content (AvgIpc) is 2.85. The molecule has 2 aliphatic rings. The number of rotatable bonds is 2. The molecule has 2 fully saturated rings. The first-order valence-electron chi connectivity index (χ1n) is 6.72.